The van der Waals surface area contributed by atoms with E-state index in [4.69, 9.17) is 0 Å². The number of hydrogen-bond acceptors (Lipinski definition) is 2. The Morgan fingerprint density at radius 1 is 1.09 bits per heavy atom. The molecule has 0 amide bonds. The quantitative estimate of drug-likeness (QED) is 0.426. The van der Waals surface area contributed by atoms with Crippen LogP contribution in [0.15, 0.2) is 0 Å². The molecule has 0 aromatic carbocycles. The fraction of sp³-hybridized carbons (Fsp3) is 1.00. The van der Waals surface area contributed by atoms with Gasteiger partial charge in [-0.3, -0.25) is 0 Å². The van der Waals surface area contributed by atoms with Gasteiger partial charge in [0.25, 0.3) is 0 Å². The van der Waals surface area contributed by atoms with Crippen molar-refractivity contribution in [1.82, 2.24) is 10.2 Å². The van der Waals surface area contributed by atoms with Gasteiger partial charge in [-0.1, -0.05) is 0 Å². The summed E-state index contributed by atoms with van der Waals surface area (Å²) in [6, 6.07) is 0.851. The minimum atomic E-state index is 0. The number of hydrogen-bond donors (Lipinski definition) is 1. The molecule has 3 rings (SSSR count). The molecule has 60 valence electrons. The van der Waals surface area contributed by atoms with Crippen molar-refractivity contribution in [2.45, 2.75) is 18.9 Å². The number of fused-ring (bicyclic) bond motifs is 4. The van der Waals surface area contributed by atoms with Crippen LogP contribution in [0, 0.1) is 0 Å². The van der Waals surface area contributed by atoms with Crippen LogP contribution < -0.4 is 5.32 Å². The first-order chi connectivity index (χ1) is 4.45. The molecule has 0 unspecified atom stereocenters. The van der Waals surface area contributed by atoms with Crippen molar-refractivity contribution in [3.8, 4) is 0 Å². The molecule has 3 aliphatic heterocycles. The summed E-state index contributed by atoms with van der Waals surface area (Å²) in [6.07, 6.45) is 2.75. The molecule has 0 radical (unpaired) electrons. The third kappa shape index (κ3) is 3.11. The third-order valence-electron chi connectivity index (χ3n) is 2.45. The van der Waals surface area contributed by atoms with Gasteiger partial charge in [-0.2, -0.15) is 0 Å². The molecule has 2 nitrogen and oxygen atoms in total. The molecule has 0 aromatic heterocycles. The molecular weight excluding hydrogens is 146 g/mol. The van der Waals surface area contributed by atoms with E-state index in [9.17, 15) is 0 Å². The van der Waals surface area contributed by atoms with Gasteiger partial charge < -0.3 is 10.2 Å². The van der Waals surface area contributed by atoms with E-state index in [-0.39, 0.29) is 36.2 Å². The van der Waals surface area contributed by atoms with Crippen LogP contribution in [-0.2, 0) is 0 Å². The maximum atomic E-state index is 3.53. The molecule has 0 atom stereocenters. The molecule has 0 spiro atoms. The van der Waals surface area contributed by atoms with Crippen molar-refractivity contribution >= 4 is 36.2 Å². The molecule has 0 aromatic rings. The summed E-state index contributed by atoms with van der Waals surface area (Å²) in [5.41, 5.74) is 0. The van der Waals surface area contributed by atoms with Crippen LogP contribution in [0.25, 0.3) is 0 Å². The minimum absolute atomic E-state index is 0. The van der Waals surface area contributed by atoms with Crippen LogP contribution in [0.3, 0.4) is 0 Å². The average Bonchev–Trinajstić information content (AvgIpc) is 2.21. The van der Waals surface area contributed by atoms with Crippen LogP contribution in [-0.4, -0.2) is 73.3 Å². The first-order valence-electron chi connectivity index (χ1n) is 3.91. The Labute approximate surface area is 91.4 Å². The summed E-state index contributed by atoms with van der Waals surface area (Å²) < 4.78 is 0. The van der Waals surface area contributed by atoms with Gasteiger partial charge in [0.1, 0.15) is 0 Å². The zero-order chi connectivity index (χ0) is 6.10. The van der Waals surface area contributed by atoms with E-state index in [1.165, 1.54) is 39.0 Å². The number of rotatable bonds is 0. The maximum absolute atomic E-state index is 3.53. The van der Waals surface area contributed by atoms with Crippen LogP contribution in [0.5, 0.6) is 0 Å². The van der Waals surface area contributed by atoms with Gasteiger partial charge in [0.2, 0.25) is 0 Å². The SMILES string of the molecule is C1CN2CCC(CC2)N1.[AlH3].[LiH]. The number of piperidine rings is 1. The second-order valence-corrected chi connectivity index (χ2v) is 3.07. The Balaban J connectivity index is 0.000000500. The average molecular weight is 164 g/mol. The zero-order valence-electron chi connectivity index (χ0n) is 5.77. The summed E-state index contributed by atoms with van der Waals surface area (Å²) in [6.45, 7) is 5.15. The normalized spacial score (nSPS) is 34.9. The fourth-order valence-corrected chi connectivity index (χ4v) is 1.79. The monoisotopic (exact) mass is 164 g/mol. The summed E-state index contributed by atoms with van der Waals surface area (Å²) in [7, 11) is 0. The molecule has 3 fully saturated rings. The van der Waals surface area contributed by atoms with Crippen molar-refractivity contribution in [1.29, 1.82) is 0 Å². The van der Waals surface area contributed by atoms with E-state index in [2.05, 4.69) is 10.2 Å². The predicted octanol–water partition coefficient (Wildman–Crippen LogP) is -1.78. The van der Waals surface area contributed by atoms with Crippen molar-refractivity contribution < 1.29 is 0 Å². The first kappa shape index (κ1) is 12.0. The Hall–Kier alpha value is 1.05. The van der Waals surface area contributed by atoms with Crippen LogP contribution in [0.2, 0.25) is 0 Å². The van der Waals surface area contributed by atoms with Crippen LogP contribution in [0.4, 0.5) is 0 Å². The third-order valence-corrected chi connectivity index (χ3v) is 2.45. The molecule has 0 aliphatic carbocycles. The van der Waals surface area contributed by atoms with Crippen molar-refractivity contribution in [3.63, 3.8) is 0 Å². The second-order valence-electron chi connectivity index (χ2n) is 3.07. The molecule has 3 saturated heterocycles. The molecule has 2 bridgehead atoms. The van der Waals surface area contributed by atoms with E-state index in [0.717, 1.165) is 6.04 Å². The van der Waals surface area contributed by atoms with Gasteiger partial charge in [0.15, 0.2) is 17.4 Å². The summed E-state index contributed by atoms with van der Waals surface area (Å²) in [5.74, 6) is 0. The van der Waals surface area contributed by atoms with E-state index >= 15 is 0 Å². The molecule has 3 aliphatic rings. The van der Waals surface area contributed by atoms with Gasteiger partial charge in [-0.25, -0.2) is 0 Å². The van der Waals surface area contributed by atoms with Gasteiger partial charge in [0, 0.05) is 19.1 Å². The second kappa shape index (κ2) is 5.65. The summed E-state index contributed by atoms with van der Waals surface area (Å²) in [4.78, 5) is 2.55. The van der Waals surface area contributed by atoms with E-state index < -0.39 is 0 Å². The van der Waals surface area contributed by atoms with Crippen molar-refractivity contribution in [2.75, 3.05) is 26.2 Å². The first-order valence-corrected chi connectivity index (χ1v) is 3.91. The Kier molecular flexibility index (Phi) is 6.19. The standard InChI is InChI=1S/C7H14N2.Al.Li.4H/c1-4-9-5-2-7(1)8-3-6-9;;;;;;/h7-8H,1-6H2;;;;;;. The van der Waals surface area contributed by atoms with E-state index in [1.54, 1.807) is 0 Å². The van der Waals surface area contributed by atoms with Crippen LogP contribution >= 0.6 is 0 Å². The molecule has 0 saturated carbocycles. The topological polar surface area (TPSA) is 15.3 Å². The van der Waals surface area contributed by atoms with E-state index in [1.807, 2.05) is 0 Å². The predicted molar refractivity (Wildman–Crippen MR) is 54.6 cm³/mol. The molecule has 4 heteroatoms. The van der Waals surface area contributed by atoms with Crippen molar-refractivity contribution in [3.05, 3.63) is 0 Å². The molecule has 1 N–H and O–H groups in total. The Bertz CT molecular complexity index is 87.1. The number of nitrogens with zero attached hydrogens (tertiary/aromatic N) is 1. The van der Waals surface area contributed by atoms with Gasteiger partial charge in [-0.15, -0.1) is 0 Å². The zero-order valence-corrected chi connectivity index (χ0v) is 5.77. The van der Waals surface area contributed by atoms with Gasteiger partial charge >= 0.3 is 18.9 Å². The summed E-state index contributed by atoms with van der Waals surface area (Å²) in [5, 5.41) is 3.53. The molecule has 3 heterocycles. The van der Waals surface area contributed by atoms with E-state index in [0.29, 0.717) is 0 Å². The Morgan fingerprint density at radius 3 is 2.36 bits per heavy atom. The molecule has 11 heavy (non-hydrogen) atoms. The fourth-order valence-electron chi connectivity index (χ4n) is 1.79. The number of nitrogens with one attached hydrogen (secondary N) is 1. The van der Waals surface area contributed by atoms with Gasteiger partial charge in [0.05, 0.1) is 0 Å². The molecular formula is C7H18AlLiN2. The van der Waals surface area contributed by atoms with Gasteiger partial charge in [-0.05, 0) is 25.9 Å². The Morgan fingerprint density at radius 2 is 1.73 bits per heavy atom. The van der Waals surface area contributed by atoms with Crippen LogP contribution in [0.1, 0.15) is 12.8 Å². The van der Waals surface area contributed by atoms with Crippen molar-refractivity contribution in [2.24, 2.45) is 0 Å². The summed E-state index contributed by atoms with van der Waals surface area (Å²) >= 11 is 0.